The molecule has 1 heteroatoms. The van der Waals surface area contributed by atoms with E-state index >= 15 is 0 Å². The molecule has 0 unspecified atom stereocenters. The van der Waals surface area contributed by atoms with Crippen LogP contribution in [0.15, 0.2) is 30.3 Å². The van der Waals surface area contributed by atoms with Gasteiger partial charge in [-0.25, -0.2) is 0 Å². The Morgan fingerprint density at radius 3 is 2.53 bits per heavy atom. The highest BCUT2D eigenvalue weighted by molar-refractivity contribution is 5.81. The first-order valence-corrected chi connectivity index (χ1v) is 6.70. The van der Waals surface area contributed by atoms with Crippen molar-refractivity contribution >= 4 is 5.78 Å². The van der Waals surface area contributed by atoms with Crippen molar-refractivity contribution in [2.24, 2.45) is 5.92 Å². The maximum atomic E-state index is 11.8. The third-order valence-electron chi connectivity index (χ3n) is 3.83. The van der Waals surface area contributed by atoms with Gasteiger partial charge in [0.05, 0.1) is 0 Å². The highest BCUT2D eigenvalue weighted by atomic mass is 16.1. The van der Waals surface area contributed by atoms with Crippen molar-refractivity contribution in [1.29, 1.82) is 0 Å². The Morgan fingerprint density at radius 2 is 1.94 bits per heavy atom. The molecule has 1 atom stereocenters. The summed E-state index contributed by atoms with van der Waals surface area (Å²) in [5.74, 6) is 1.09. The quantitative estimate of drug-likeness (QED) is 0.763. The standard InChI is InChI=1S/C16H22O/c1-13(2)11-16(10-6-9-15(17)12-16)14-7-4-3-5-8-14/h3-5,7-8,13H,6,9-12H2,1-2H3/t16-/m0/s1. The van der Waals surface area contributed by atoms with Crippen molar-refractivity contribution in [3.8, 4) is 0 Å². The zero-order valence-corrected chi connectivity index (χ0v) is 10.9. The lowest BCUT2D eigenvalue weighted by Gasteiger charge is -2.38. The average molecular weight is 230 g/mol. The van der Waals surface area contributed by atoms with E-state index in [-0.39, 0.29) is 5.41 Å². The number of hydrogen-bond acceptors (Lipinski definition) is 1. The first-order valence-electron chi connectivity index (χ1n) is 6.70. The molecule has 0 amide bonds. The van der Waals surface area contributed by atoms with E-state index < -0.39 is 0 Å². The fourth-order valence-electron chi connectivity index (χ4n) is 3.29. The Morgan fingerprint density at radius 1 is 1.24 bits per heavy atom. The maximum absolute atomic E-state index is 11.8. The van der Waals surface area contributed by atoms with Gasteiger partial charge in [-0.15, -0.1) is 0 Å². The van der Waals surface area contributed by atoms with E-state index in [9.17, 15) is 4.79 Å². The second-order valence-electron chi connectivity index (χ2n) is 5.81. The minimum atomic E-state index is 0.116. The summed E-state index contributed by atoms with van der Waals surface area (Å²) < 4.78 is 0. The highest BCUT2D eigenvalue weighted by Gasteiger charge is 2.37. The fraction of sp³-hybridized carbons (Fsp3) is 0.562. The zero-order chi connectivity index (χ0) is 12.3. The Bertz CT molecular complexity index is 380. The molecule has 0 saturated heterocycles. The molecule has 0 heterocycles. The molecule has 0 radical (unpaired) electrons. The van der Waals surface area contributed by atoms with Crippen LogP contribution in [-0.4, -0.2) is 5.78 Å². The van der Waals surface area contributed by atoms with Crippen molar-refractivity contribution in [3.63, 3.8) is 0 Å². The molecule has 1 aromatic carbocycles. The van der Waals surface area contributed by atoms with Crippen LogP contribution >= 0.6 is 0 Å². The minimum absolute atomic E-state index is 0.116. The molecule has 0 N–H and O–H groups in total. The lowest BCUT2D eigenvalue weighted by Crippen LogP contribution is -2.34. The van der Waals surface area contributed by atoms with Crippen molar-refractivity contribution in [1.82, 2.24) is 0 Å². The molecule has 1 aliphatic carbocycles. The van der Waals surface area contributed by atoms with Gasteiger partial charge < -0.3 is 0 Å². The number of Topliss-reactive ketones (excluding diaryl/α,β-unsaturated/α-hetero) is 1. The van der Waals surface area contributed by atoms with Crippen molar-refractivity contribution in [2.45, 2.75) is 51.4 Å². The summed E-state index contributed by atoms with van der Waals surface area (Å²) in [7, 11) is 0. The number of rotatable bonds is 3. The minimum Gasteiger partial charge on any atom is -0.300 e. The molecule has 1 saturated carbocycles. The molecular weight excluding hydrogens is 208 g/mol. The lowest BCUT2D eigenvalue weighted by atomic mass is 9.65. The predicted molar refractivity (Wildman–Crippen MR) is 71.1 cm³/mol. The second kappa shape index (κ2) is 5.03. The van der Waals surface area contributed by atoms with Crippen LogP contribution in [0.3, 0.4) is 0 Å². The summed E-state index contributed by atoms with van der Waals surface area (Å²) in [6.45, 7) is 4.51. The van der Waals surface area contributed by atoms with E-state index in [1.54, 1.807) is 0 Å². The van der Waals surface area contributed by atoms with Crippen LogP contribution in [0.1, 0.15) is 51.5 Å². The van der Waals surface area contributed by atoms with E-state index in [2.05, 4.69) is 44.2 Å². The van der Waals surface area contributed by atoms with E-state index in [0.29, 0.717) is 11.7 Å². The smallest absolute Gasteiger partial charge is 0.133 e. The topological polar surface area (TPSA) is 17.1 Å². The van der Waals surface area contributed by atoms with Gasteiger partial charge in [-0.2, -0.15) is 0 Å². The monoisotopic (exact) mass is 230 g/mol. The Balaban J connectivity index is 2.33. The molecule has 1 aromatic rings. The van der Waals surface area contributed by atoms with Gasteiger partial charge in [0.15, 0.2) is 0 Å². The molecule has 2 rings (SSSR count). The Labute approximate surface area is 104 Å². The molecule has 1 nitrogen and oxygen atoms in total. The Hall–Kier alpha value is -1.11. The van der Waals surface area contributed by atoms with Crippen LogP contribution in [-0.2, 0) is 10.2 Å². The van der Waals surface area contributed by atoms with E-state index in [4.69, 9.17) is 0 Å². The van der Waals surface area contributed by atoms with Gasteiger partial charge in [0.25, 0.3) is 0 Å². The molecule has 92 valence electrons. The van der Waals surface area contributed by atoms with Crippen molar-refractivity contribution in [2.75, 3.05) is 0 Å². The first-order chi connectivity index (χ1) is 8.12. The maximum Gasteiger partial charge on any atom is 0.133 e. The molecular formula is C16H22O. The van der Waals surface area contributed by atoms with Crippen LogP contribution in [0.25, 0.3) is 0 Å². The van der Waals surface area contributed by atoms with Crippen LogP contribution in [0, 0.1) is 5.92 Å². The van der Waals surface area contributed by atoms with Gasteiger partial charge in [-0.05, 0) is 30.7 Å². The lowest BCUT2D eigenvalue weighted by molar-refractivity contribution is -0.122. The summed E-state index contributed by atoms with van der Waals surface area (Å²) in [5, 5.41) is 0. The molecule has 0 spiro atoms. The zero-order valence-electron chi connectivity index (χ0n) is 10.9. The Kier molecular flexibility index (Phi) is 3.66. The van der Waals surface area contributed by atoms with Crippen LogP contribution in [0.2, 0.25) is 0 Å². The van der Waals surface area contributed by atoms with Gasteiger partial charge in [0, 0.05) is 18.3 Å². The van der Waals surface area contributed by atoms with Crippen molar-refractivity contribution in [3.05, 3.63) is 35.9 Å². The van der Waals surface area contributed by atoms with E-state index in [0.717, 1.165) is 25.7 Å². The van der Waals surface area contributed by atoms with Gasteiger partial charge in [-0.3, -0.25) is 4.79 Å². The summed E-state index contributed by atoms with van der Waals surface area (Å²) >= 11 is 0. The van der Waals surface area contributed by atoms with Gasteiger partial charge in [-0.1, -0.05) is 44.2 Å². The van der Waals surface area contributed by atoms with Crippen LogP contribution < -0.4 is 0 Å². The third-order valence-corrected chi connectivity index (χ3v) is 3.83. The summed E-state index contributed by atoms with van der Waals surface area (Å²) in [5.41, 5.74) is 1.48. The number of benzene rings is 1. The van der Waals surface area contributed by atoms with E-state index in [1.165, 1.54) is 12.0 Å². The number of carbonyl (C=O) groups excluding carboxylic acids is 1. The van der Waals surface area contributed by atoms with Crippen LogP contribution in [0.4, 0.5) is 0 Å². The van der Waals surface area contributed by atoms with Gasteiger partial charge >= 0.3 is 0 Å². The molecule has 0 aliphatic heterocycles. The molecule has 17 heavy (non-hydrogen) atoms. The highest BCUT2D eigenvalue weighted by Crippen LogP contribution is 2.42. The summed E-state index contributed by atoms with van der Waals surface area (Å²) in [6, 6.07) is 10.6. The summed E-state index contributed by atoms with van der Waals surface area (Å²) in [4.78, 5) is 11.8. The predicted octanol–water partition coefficient (Wildman–Crippen LogP) is 4.11. The number of hydrogen-bond donors (Lipinski definition) is 0. The molecule has 0 aromatic heterocycles. The van der Waals surface area contributed by atoms with Gasteiger partial charge in [0.2, 0.25) is 0 Å². The normalized spacial score (nSPS) is 25.2. The number of ketones is 1. The number of carbonyl (C=O) groups is 1. The molecule has 0 bridgehead atoms. The fourth-order valence-corrected chi connectivity index (χ4v) is 3.29. The molecule has 1 aliphatic rings. The molecule has 1 fully saturated rings. The first kappa shape index (κ1) is 12.3. The average Bonchev–Trinajstić information content (AvgIpc) is 2.29. The third kappa shape index (κ3) is 2.77. The van der Waals surface area contributed by atoms with Gasteiger partial charge in [0.1, 0.15) is 5.78 Å². The second-order valence-corrected chi connectivity index (χ2v) is 5.81. The van der Waals surface area contributed by atoms with Crippen molar-refractivity contribution < 1.29 is 4.79 Å². The SMILES string of the molecule is CC(C)C[C@@]1(c2ccccc2)CCCC(=O)C1. The summed E-state index contributed by atoms with van der Waals surface area (Å²) in [6.07, 6.45) is 4.88. The van der Waals surface area contributed by atoms with Crippen LogP contribution in [0.5, 0.6) is 0 Å². The van der Waals surface area contributed by atoms with E-state index in [1.807, 2.05) is 0 Å². The largest absolute Gasteiger partial charge is 0.300 e.